The molecular weight excluding hydrogens is 344 g/mol. The summed E-state index contributed by atoms with van der Waals surface area (Å²) in [6.07, 6.45) is 0.971. The molecule has 2 amide bonds. The Morgan fingerprint density at radius 1 is 0.889 bits per heavy atom. The van der Waals surface area contributed by atoms with Crippen LogP contribution >= 0.6 is 0 Å². The number of rotatable bonds is 8. The van der Waals surface area contributed by atoms with Crippen molar-refractivity contribution in [3.63, 3.8) is 0 Å². The lowest BCUT2D eigenvalue weighted by Crippen LogP contribution is -2.41. The predicted octanol–water partition coefficient (Wildman–Crippen LogP) is 3.59. The first-order chi connectivity index (χ1) is 13.0. The van der Waals surface area contributed by atoms with Gasteiger partial charge in [-0.3, -0.25) is 20.4 Å². The van der Waals surface area contributed by atoms with Crippen molar-refractivity contribution in [3.8, 4) is 11.5 Å². The van der Waals surface area contributed by atoms with Crippen molar-refractivity contribution in [1.29, 1.82) is 0 Å². The summed E-state index contributed by atoms with van der Waals surface area (Å²) in [6.45, 7) is 7.29. The Hall–Kier alpha value is -3.02. The predicted molar refractivity (Wildman–Crippen MR) is 104 cm³/mol. The maximum absolute atomic E-state index is 12.2. The molecule has 27 heavy (non-hydrogen) atoms. The van der Waals surface area contributed by atoms with Gasteiger partial charge in [0, 0.05) is 11.1 Å². The van der Waals surface area contributed by atoms with E-state index in [0.717, 1.165) is 6.42 Å². The van der Waals surface area contributed by atoms with E-state index < -0.39 is 11.8 Å². The number of benzene rings is 2. The van der Waals surface area contributed by atoms with E-state index >= 15 is 0 Å². The van der Waals surface area contributed by atoms with Gasteiger partial charge in [-0.25, -0.2) is 0 Å². The fourth-order valence-corrected chi connectivity index (χ4v) is 2.27. The van der Waals surface area contributed by atoms with E-state index in [1.54, 1.807) is 48.5 Å². The second-order valence-electron chi connectivity index (χ2n) is 6.42. The highest BCUT2D eigenvalue weighted by Crippen LogP contribution is 2.14. The van der Waals surface area contributed by atoms with E-state index in [-0.39, 0.29) is 0 Å². The standard InChI is InChI=1S/C21H26N2O4/c1-4-26-19-7-5-6-17(14-19)21(25)23-22-20(24)16-8-10-18(11-9-16)27-13-12-15(2)3/h5-11,14-15H,4,12-13H2,1-3H3,(H,22,24)(H,23,25). The van der Waals surface area contributed by atoms with E-state index in [9.17, 15) is 9.59 Å². The Bertz CT molecular complexity index is 757. The van der Waals surface area contributed by atoms with Gasteiger partial charge in [-0.05, 0) is 61.7 Å². The molecule has 0 bridgehead atoms. The van der Waals surface area contributed by atoms with Gasteiger partial charge in [0.05, 0.1) is 13.2 Å². The third kappa shape index (κ3) is 6.66. The molecule has 2 aromatic rings. The second kappa shape index (κ2) is 10.2. The van der Waals surface area contributed by atoms with Gasteiger partial charge < -0.3 is 9.47 Å². The minimum atomic E-state index is -0.418. The maximum Gasteiger partial charge on any atom is 0.269 e. The zero-order chi connectivity index (χ0) is 19.6. The Balaban J connectivity index is 1.86. The van der Waals surface area contributed by atoms with Crippen LogP contribution < -0.4 is 20.3 Å². The molecule has 0 unspecified atom stereocenters. The van der Waals surface area contributed by atoms with Gasteiger partial charge in [0.2, 0.25) is 0 Å². The summed E-state index contributed by atoms with van der Waals surface area (Å²) in [5, 5.41) is 0. The molecular formula is C21H26N2O4. The van der Waals surface area contributed by atoms with Gasteiger partial charge in [0.1, 0.15) is 11.5 Å². The smallest absolute Gasteiger partial charge is 0.269 e. The highest BCUT2D eigenvalue weighted by Gasteiger charge is 2.10. The van der Waals surface area contributed by atoms with E-state index in [2.05, 4.69) is 24.7 Å². The SMILES string of the molecule is CCOc1cccc(C(=O)NNC(=O)c2ccc(OCCC(C)C)cc2)c1. The number of hydrogen-bond donors (Lipinski definition) is 2. The molecule has 0 saturated heterocycles. The molecule has 0 radical (unpaired) electrons. The fourth-order valence-electron chi connectivity index (χ4n) is 2.27. The van der Waals surface area contributed by atoms with Gasteiger partial charge >= 0.3 is 0 Å². The number of ether oxygens (including phenoxy) is 2. The van der Waals surface area contributed by atoms with Crippen LogP contribution in [0.3, 0.4) is 0 Å². The van der Waals surface area contributed by atoms with Crippen molar-refractivity contribution in [2.24, 2.45) is 5.92 Å². The molecule has 6 heteroatoms. The highest BCUT2D eigenvalue weighted by atomic mass is 16.5. The van der Waals surface area contributed by atoms with E-state index in [1.807, 2.05) is 6.92 Å². The van der Waals surface area contributed by atoms with Crippen molar-refractivity contribution in [1.82, 2.24) is 10.9 Å². The molecule has 0 heterocycles. The lowest BCUT2D eigenvalue weighted by atomic mass is 10.1. The topological polar surface area (TPSA) is 76.7 Å². The molecule has 2 N–H and O–H groups in total. The van der Waals surface area contributed by atoms with Crippen LogP contribution in [-0.2, 0) is 0 Å². The molecule has 144 valence electrons. The molecule has 0 aliphatic carbocycles. The fraction of sp³-hybridized carbons (Fsp3) is 0.333. The van der Waals surface area contributed by atoms with E-state index in [1.165, 1.54) is 0 Å². The molecule has 0 atom stereocenters. The van der Waals surface area contributed by atoms with Crippen molar-refractivity contribution >= 4 is 11.8 Å². The molecule has 0 fully saturated rings. The first-order valence-corrected chi connectivity index (χ1v) is 9.06. The number of amides is 2. The highest BCUT2D eigenvalue weighted by molar-refractivity contribution is 5.99. The summed E-state index contributed by atoms with van der Waals surface area (Å²) in [5.41, 5.74) is 5.63. The van der Waals surface area contributed by atoms with E-state index in [4.69, 9.17) is 9.47 Å². The van der Waals surface area contributed by atoms with Crippen LogP contribution in [0, 0.1) is 5.92 Å². The number of carbonyl (C=O) groups is 2. The van der Waals surface area contributed by atoms with Gasteiger partial charge in [0.15, 0.2) is 0 Å². The van der Waals surface area contributed by atoms with Crippen molar-refractivity contribution in [2.75, 3.05) is 13.2 Å². The molecule has 0 saturated carbocycles. The van der Waals surface area contributed by atoms with Gasteiger partial charge in [-0.1, -0.05) is 19.9 Å². The molecule has 0 aromatic heterocycles. The minimum absolute atomic E-state index is 0.398. The number of nitrogens with one attached hydrogen (secondary N) is 2. The van der Waals surface area contributed by atoms with Crippen LogP contribution in [0.4, 0.5) is 0 Å². The van der Waals surface area contributed by atoms with Crippen molar-refractivity contribution in [2.45, 2.75) is 27.2 Å². The van der Waals surface area contributed by atoms with E-state index in [0.29, 0.717) is 41.8 Å². The van der Waals surface area contributed by atoms with Crippen LogP contribution in [0.25, 0.3) is 0 Å². The lowest BCUT2D eigenvalue weighted by Gasteiger charge is -2.10. The lowest BCUT2D eigenvalue weighted by molar-refractivity contribution is 0.0846. The summed E-state index contributed by atoms with van der Waals surface area (Å²) < 4.78 is 11.0. The van der Waals surface area contributed by atoms with Crippen molar-refractivity contribution < 1.29 is 19.1 Å². The molecule has 0 aliphatic heterocycles. The average Bonchev–Trinajstić information content (AvgIpc) is 2.66. The monoisotopic (exact) mass is 370 g/mol. The van der Waals surface area contributed by atoms with Gasteiger partial charge in [-0.15, -0.1) is 0 Å². The van der Waals surface area contributed by atoms with Crippen LogP contribution in [0.2, 0.25) is 0 Å². The third-order valence-electron chi connectivity index (χ3n) is 3.78. The first-order valence-electron chi connectivity index (χ1n) is 9.06. The summed E-state index contributed by atoms with van der Waals surface area (Å²) in [6, 6.07) is 13.5. The normalized spacial score (nSPS) is 10.4. The number of hydrogen-bond acceptors (Lipinski definition) is 4. The maximum atomic E-state index is 12.2. The Morgan fingerprint density at radius 3 is 2.19 bits per heavy atom. The summed E-state index contributed by atoms with van der Waals surface area (Å²) in [5.74, 6) is 1.07. The molecule has 0 aliphatic rings. The van der Waals surface area contributed by atoms with Gasteiger partial charge in [-0.2, -0.15) is 0 Å². The van der Waals surface area contributed by atoms with Crippen LogP contribution in [0.15, 0.2) is 48.5 Å². The molecule has 6 nitrogen and oxygen atoms in total. The average molecular weight is 370 g/mol. The van der Waals surface area contributed by atoms with Gasteiger partial charge in [0.25, 0.3) is 11.8 Å². The largest absolute Gasteiger partial charge is 0.494 e. The second-order valence-corrected chi connectivity index (χ2v) is 6.42. The number of hydrazine groups is 1. The molecule has 2 rings (SSSR count). The zero-order valence-electron chi connectivity index (χ0n) is 16.0. The quantitative estimate of drug-likeness (QED) is 0.696. The zero-order valence-corrected chi connectivity index (χ0v) is 16.0. The third-order valence-corrected chi connectivity index (χ3v) is 3.78. The first kappa shape index (κ1) is 20.3. The van der Waals surface area contributed by atoms with Crippen LogP contribution in [0.5, 0.6) is 11.5 Å². The van der Waals surface area contributed by atoms with Crippen LogP contribution in [-0.4, -0.2) is 25.0 Å². The number of carbonyl (C=O) groups excluding carboxylic acids is 2. The van der Waals surface area contributed by atoms with Crippen molar-refractivity contribution in [3.05, 3.63) is 59.7 Å². The Labute approximate surface area is 159 Å². The van der Waals surface area contributed by atoms with Crippen LogP contribution in [0.1, 0.15) is 47.9 Å². The molecule has 2 aromatic carbocycles. The molecule has 0 spiro atoms. The Morgan fingerprint density at radius 2 is 1.56 bits per heavy atom. The summed E-state index contributed by atoms with van der Waals surface area (Å²) in [4.78, 5) is 24.3. The summed E-state index contributed by atoms with van der Waals surface area (Å²) >= 11 is 0. The summed E-state index contributed by atoms with van der Waals surface area (Å²) in [7, 11) is 0. The Kier molecular flexibility index (Phi) is 7.67. The minimum Gasteiger partial charge on any atom is -0.494 e.